The maximum absolute atomic E-state index is 13.7. The number of fused-ring (bicyclic) bond motifs is 2. The van der Waals surface area contributed by atoms with Crippen LogP contribution in [0.2, 0.25) is 0 Å². The van der Waals surface area contributed by atoms with Crippen LogP contribution in [0.1, 0.15) is 5.56 Å². The molecular weight excluding hydrogens is 463 g/mol. The maximum Gasteiger partial charge on any atom is 0.123 e. The molecule has 0 spiro atoms. The highest BCUT2D eigenvalue weighted by Crippen LogP contribution is 2.46. The summed E-state index contributed by atoms with van der Waals surface area (Å²) in [6, 6.07) is 42.3. The largest absolute Gasteiger partial charge is 0.207 e. The van der Waals surface area contributed by atoms with Crippen LogP contribution in [-0.2, 0) is 0 Å². The fourth-order valence-corrected chi connectivity index (χ4v) is 6.54. The Morgan fingerprint density at radius 3 is 1.47 bits per heavy atom. The molecule has 0 N–H and O–H groups in total. The van der Waals surface area contributed by atoms with Crippen LogP contribution < -0.4 is 0 Å². The van der Waals surface area contributed by atoms with Crippen molar-refractivity contribution in [2.75, 3.05) is 0 Å². The molecule has 0 aliphatic rings. The second kappa shape index (κ2) is 7.87. The summed E-state index contributed by atoms with van der Waals surface area (Å²) in [6.07, 6.45) is 0. The van der Waals surface area contributed by atoms with Gasteiger partial charge >= 0.3 is 0 Å². The molecule has 0 heterocycles. The van der Waals surface area contributed by atoms with Gasteiger partial charge in [0.25, 0.3) is 0 Å². The van der Waals surface area contributed by atoms with Gasteiger partial charge in [0.15, 0.2) is 0 Å². The summed E-state index contributed by atoms with van der Waals surface area (Å²) >= 11 is 0. The van der Waals surface area contributed by atoms with E-state index in [2.05, 4.69) is 104 Å². The second-order valence-electron chi connectivity index (χ2n) is 10.2. The Morgan fingerprint density at radius 2 is 0.895 bits per heavy atom. The smallest absolute Gasteiger partial charge is 0.123 e. The molecule has 0 aliphatic heterocycles. The summed E-state index contributed by atoms with van der Waals surface area (Å²) in [7, 11) is 0. The minimum atomic E-state index is -0.214. The van der Waals surface area contributed by atoms with Gasteiger partial charge in [-0.25, -0.2) is 4.39 Å². The molecule has 0 saturated carbocycles. The van der Waals surface area contributed by atoms with Crippen molar-refractivity contribution in [3.05, 3.63) is 133 Å². The number of benzene rings is 8. The molecule has 0 aromatic heterocycles. The van der Waals surface area contributed by atoms with Gasteiger partial charge in [-0.3, -0.25) is 0 Å². The van der Waals surface area contributed by atoms with E-state index < -0.39 is 0 Å². The lowest BCUT2D eigenvalue weighted by Gasteiger charge is -2.19. The van der Waals surface area contributed by atoms with Gasteiger partial charge in [-0.1, -0.05) is 109 Å². The lowest BCUT2D eigenvalue weighted by Crippen LogP contribution is -1.92. The van der Waals surface area contributed by atoms with Crippen LogP contribution in [0, 0.1) is 12.7 Å². The molecular formula is C37H23F. The number of aryl methyl sites for hydroxylation is 1. The average Bonchev–Trinajstić information content (AvgIpc) is 2.97. The normalized spacial score (nSPS) is 11.9. The standard InChI is InChI=1S/C37H23F/c1-22-27-6-2-4-8-30(27)37(31-9-5-3-7-28(22)31)34-21-15-25-13-19-32-29(23-10-16-26(38)17-11-23)18-12-24-14-20-33(34)36(25)35(24)32/h2-21H,1H3. The first kappa shape index (κ1) is 21.3. The summed E-state index contributed by atoms with van der Waals surface area (Å²) in [4.78, 5) is 0. The SMILES string of the molecule is Cc1c2ccccc2c(-c2ccc3ccc4c(-c5ccc(F)cc5)ccc5ccc2c3c54)c2ccccc12. The molecule has 8 aromatic rings. The first-order valence-corrected chi connectivity index (χ1v) is 13.1. The Hall–Kier alpha value is -4.75. The van der Waals surface area contributed by atoms with Crippen molar-refractivity contribution in [3.8, 4) is 22.3 Å². The van der Waals surface area contributed by atoms with Gasteiger partial charge in [-0.2, -0.15) is 0 Å². The van der Waals surface area contributed by atoms with Gasteiger partial charge in [0.1, 0.15) is 5.82 Å². The van der Waals surface area contributed by atoms with Crippen LogP contribution in [0.4, 0.5) is 4.39 Å². The third kappa shape index (κ3) is 2.90. The molecule has 0 aliphatic carbocycles. The molecule has 0 atom stereocenters. The van der Waals surface area contributed by atoms with E-state index in [-0.39, 0.29) is 5.82 Å². The summed E-state index contributed by atoms with van der Waals surface area (Å²) in [5.41, 5.74) is 6.02. The second-order valence-corrected chi connectivity index (χ2v) is 10.2. The fourth-order valence-electron chi connectivity index (χ4n) is 6.54. The van der Waals surface area contributed by atoms with Crippen molar-refractivity contribution < 1.29 is 4.39 Å². The van der Waals surface area contributed by atoms with Gasteiger partial charge in [-0.05, 0) is 101 Å². The zero-order chi connectivity index (χ0) is 25.4. The van der Waals surface area contributed by atoms with Crippen molar-refractivity contribution >= 4 is 53.9 Å². The van der Waals surface area contributed by atoms with Crippen LogP contribution in [0.5, 0.6) is 0 Å². The van der Waals surface area contributed by atoms with E-state index in [1.807, 2.05) is 12.1 Å². The van der Waals surface area contributed by atoms with Crippen molar-refractivity contribution in [2.45, 2.75) is 6.92 Å². The van der Waals surface area contributed by atoms with Gasteiger partial charge < -0.3 is 0 Å². The van der Waals surface area contributed by atoms with Crippen molar-refractivity contribution in [2.24, 2.45) is 0 Å². The minimum Gasteiger partial charge on any atom is -0.207 e. The van der Waals surface area contributed by atoms with Crippen LogP contribution in [0.25, 0.3) is 76.1 Å². The predicted octanol–water partition coefficient (Wildman–Crippen LogP) is 10.7. The molecule has 0 radical (unpaired) electrons. The molecule has 0 bridgehead atoms. The first-order valence-electron chi connectivity index (χ1n) is 13.1. The Balaban J connectivity index is 1.53. The fraction of sp³-hybridized carbons (Fsp3) is 0.0270. The zero-order valence-corrected chi connectivity index (χ0v) is 20.9. The van der Waals surface area contributed by atoms with E-state index in [1.165, 1.54) is 70.6 Å². The highest BCUT2D eigenvalue weighted by Gasteiger charge is 2.18. The minimum absolute atomic E-state index is 0.214. The lowest BCUT2D eigenvalue weighted by molar-refractivity contribution is 0.628. The van der Waals surface area contributed by atoms with E-state index >= 15 is 0 Å². The number of hydrogen-bond acceptors (Lipinski definition) is 0. The van der Waals surface area contributed by atoms with Gasteiger partial charge in [0, 0.05) is 0 Å². The molecule has 178 valence electrons. The highest BCUT2D eigenvalue weighted by molar-refractivity contribution is 6.29. The Morgan fingerprint density at radius 1 is 0.421 bits per heavy atom. The topological polar surface area (TPSA) is 0 Å². The quantitative estimate of drug-likeness (QED) is 0.168. The van der Waals surface area contributed by atoms with E-state index in [0.717, 1.165) is 11.1 Å². The third-order valence-corrected chi connectivity index (χ3v) is 8.29. The van der Waals surface area contributed by atoms with E-state index in [9.17, 15) is 4.39 Å². The Kier molecular flexibility index (Phi) is 4.42. The van der Waals surface area contributed by atoms with Crippen LogP contribution in [0.15, 0.2) is 121 Å². The van der Waals surface area contributed by atoms with Crippen molar-refractivity contribution in [1.82, 2.24) is 0 Å². The van der Waals surface area contributed by atoms with Crippen LogP contribution >= 0.6 is 0 Å². The van der Waals surface area contributed by atoms with Crippen LogP contribution in [-0.4, -0.2) is 0 Å². The summed E-state index contributed by atoms with van der Waals surface area (Å²) in [6.45, 7) is 2.23. The van der Waals surface area contributed by atoms with Gasteiger partial charge in [0.2, 0.25) is 0 Å². The summed E-state index contributed by atoms with van der Waals surface area (Å²) in [5, 5.41) is 12.6. The first-order chi connectivity index (χ1) is 18.7. The number of halogens is 1. The summed E-state index contributed by atoms with van der Waals surface area (Å²) in [5.74, 6) is -0.214. The molecule has 0 saturated heterocycles. The molecule has 8 rings (SSSR count). The van der Waals surface area contributed by atoms with Gasteiger partial charge in [-0.15, -0.1) is 0 Å². The number of hydrogen-bond donors (Lipinski definition) is 0. The Labute approximate surface area is 219 Å². The van der Waals surface area contributed by atoms with Crippen molar-refractivity contribution in [3.63, 3.8) is 0 Å². The maximum atomic E-state index is 13.7. The molecule has 0 fully saturated rings. The average molecular weight is 487 g/mol. The molecule has 1 heteroatoms. The van der Waals surface area contributed by atoms with E-state index in [0.29, 0.717) is 0 Å². The lowest BCUT2D eigenvalue weighted by atomic mass is 9.84. The predicted molar refractivity (Wildman–Crippen MR) is 161 cm³/mol. The molecule has 0 nitrogen and oxygen atoms in total. The molecule has 0 amide bonds. The van der Waals surface area contributed by atoms with E-state index in [4.69, 9.17) is 0 Å². The summed E-state index contributed by atoms with van der Waals surface area (Å²) < 4.78 is 13.7. The van der Waals surface area contributed by atoms with Crippen molar-refractivity contribution in [1.29, 1.82) is 0 Å². The number of rotatable bonds is 2. The Bertz CT molecular complexity index is 2130. The molecule has 0 unspecified atom stereocenters. The monoisotopic (exact) mass is 486 g/mol. The third-order valence-electron chi connectivity index (χ3n) is 8.29. The van der Waals surface area contributed by atoms with Crippen LogP contribution in [0.3, 0.4) is 0 Å². The molecule has 8 aromatic carbocycles. The highest BCUT2D eigenvalue weighted by atomic mass is 19.1. The zero-order valence-electron chi connectivity index (χ0n) is 20.9. The van der Waals surface area contributed by atoms with Gasteiger partial charge in [0.05, 0.1) is 0 Å². The molecule has 38 heavy (non-hydrogen) atoms. The van der Waals surface area contributed by atoms with E-state index in [1.54, 1.807) is 12.1 Å².